The molecule has 0 bridgehead atoms. The quantitative estimate of drug-likeness (QED) is 0.273. The molecule has 0 heterocycles. The van der Waals surface area contributed by atoms with Gasteiger partial charge in [0.1, 0.15) is 6.61 Å². The smallest absolute Gasteiger partial charge is 0.302 e. The van der Waals surface area contributed by atoms with Crippen molar-refractivity contribution in [3.05, 3.63) is 83.5 Å². The van der Waals surface area contributed by atoms with Crippen LogP contribution in [-0.2, 0) is 14.3 Å². The third-order valence-corrected chi connectivity index (χ3v) is 7.52. The first kappa shape index (κ1) is 29.4. The first-order valence-electron chi connectivity index (χ1n) is 14.0. The van der Waals surface area contributed by atoms with Gasteiger partial charge < -0.3 is 9.64 Å². The summed E-state index contributed by atoms with van der Waals surface area (Å²) in [6.45, 7) is 12.7. The number of fused-ring (bicyclic) bond motifs is 1. The molecule has 2 unspecified atom stereocenters. The number of carbonyl (C=O) groups is 2. The highest BCUT2D eigenvalue weighted by Gasteiger charge is 2.24. The number of rotatable bonds is 13. The zero-order valence-electron chi connectivity index (χ0n) is 23.8. The predicted molar refractivity (Wildman–Crippen MR) is 157 cm³/mol. The van der Waals surface area contributed by atoms with Gasteiger partial charge in [-0.25, -0.2) is 0 Å². The number of amides is 1. The van der Waals surface area contributed by atoms with E-state index in [4.69, 9.17) is 4.74 Å². The van der Waals surface area contributed by atoms with E-state index in [0.29, 0.717) is 32.2 Å². The molecule has 38 heavy (non-hydrogen) atoms. The molecule has 2 aromatic rings. The lowest BCUT2D eigenvalue weighted by atomic mass is 9.95. The number of benzene rings is 2. The molecule has 5 nitrogen and oxygen atoms in total. The summed E-state index contributed by atoms with van der Waals surface area (Å²) in [6, 6.07) is 14.7. The Morgan fingerprint density at radius 3 is 2.55 bits per heavy atom. The number of allylic oxidation sites excluding steroid dienone is 6. The van der Waals surface area contributed by atoms with Crippen molar-refractivity contribution in [1.82, 2.24) is 9.80 Å². The van der Waals surface area contributed by atoms with Crippen molar-refractivity contribution >= 4 is 22.6 Å². The largest absolute Gasteiger partial charge is 0.465 e. The molecule has 5 heteroatoms. The summed E-state index contributed by atoms with van der Waals surface area (Å²) in [7, 11) is 0. The van der Waals surface area contributed by atoms with Crippen LogP contribution in [0.3, 0.4) is 0 Å². The van der Waals surface area contributed by atoms with E-state index in [1.807, 2.05) is 4.90 Å². The first-order valence-corrected chi connectivity index (χ1v) is 14.0. The topological polar surface area (TPSA) is 49.9 Å². The normalized spacial score (nSPS) is 16.1. The van der Waals surface area contributed by atoms with E-state index < -0.39 is 0 Å². The lowest BCUT2D eigenvalue weighted by Crippen LogP contribution is -2.43. The van der Waals surface area contributed by atoms with Gasteiger partial charge in [-0.15, -0.1) is 0 Å². The third kappa shape index (κ3) is 8.16. The lowest BCUT2D eigenvalue weighted by Gasteiger charge is -2.33. The second-order valence-electron chi connectivity index (χ2n) is 10.3. The molecule has 0 saturated heterocycles. The van der Waals surface area contributed by atoms with Crippen molar-refractivity contribution < 1.29 is 14.3 Å². The maximum absolute atomic E-state index is 13.9. The molecule has 0 aliphatic heterocycles. The number of nitrogens with zero attached hydrogens (tertiary/aromatic N) is 2. The van der Waals surface area contributed by atoms with Gasteiger partial charge in [0.05, 0.1) is 12.6 Å². The van der Waals surface area contributed by atoms with Gasteiger partial charge in [0, 0.05) is 20.0 Å². The zero-order valence-corrected chi connectivity index (χ0v) is 23.8. The fourth-order valence-electron chi connectivity index (χ4n) is 5.19. The molecule has 204 valence electrons. The van der Waals surface area contributed by atoms with Crippen molar-refractivity contribution in [3.63, 3.8) is 0 Å². The van der Waals surface area contributed by atoms with E-state index >= 15 is 0 Å². The molecule has 0 N–H and O–H groups in total. The molecule has 2 aromatic carbocycles. The van der Waals surface area contributed by atoms with E-state index in [1.54, 1.807) is 0 Å². The van der Waals surface area contributed by atoms with Crippen LogP contribution in [0.4, 0.5) is 0 Å². The Balaban J connectivity index is 1.81. The highest BCUT2D eigenvalue weighted by Crippen LogP contribution is 2.30. The van der Waals surface area contributed by atoms with Crippen LogP contribution in [0.1, 0.15) is 65.5 Å². The number of ether oxygens (including phenoxy) is 1. The molecule has 1 amide bonds. The predicted octanol–water partition coefficient (Wildman–Crippen LogP) is 6.86. The summed E-state index contributed by atoms with van der Waals surface area (Å²) in [4.78, 5) is 29.3. The van der Waals surface area contributed by atoms with Crippen LogP contribution in [0.25, 0.3) is 10.8 Å². The summed E-state index contributed by atoms with van der Waals surface area (Å²) in [5, 5.41) is 2.37. The molecule has 0 saturated carbocycles. The highest BCUT2D eigenvalue weighted by atomic mass is 16.5. The van der Waals surface area contributed by atoms with Gasteiger partial charge in [0.15, 0.2) is 0 Å². The van der Waals surface area contributed by atoms with Crippen LogP contribution in [0.2, 0.25) is 0 Å². The van der Waals surface area contributed by atoms with Gasteiger partial charge in [0.2, 0.25) is 5.91 Å². The van der Waals surface area contributed by atoms with Crippen molar-refractivity contribution in [1.29, 1.82) is 0 Å². The molecule has 0 spiro atoms. The fraction of sp³-hybridized carbons (Fsp3) is 0.455. The minimum Gasteiger partial charge on any atom is -0.465 e. The summed E-state index contributed by atoms with van der Waals surface area (Å²) in [5.41, 5.74) is 3.93. The molecule has 2 atom stereocenters. The van der Waals surface area contributed by atoms with Gasteiger partial charge in [0.25, 0.3) is 0 Å². The summed E-state index contributed by atoms with van der Waals surface area (Å²) < 4.78 is 5.16. The molecule has 1 aliphatic rings. The van der Waals surface area contributed by atoms with Crippen molar-refractivity contribution in [2.75, 3.05) is 32.8 Å². The third-order valence-electron chi connectivity index (χ3n) is 7.52. The second-order valence-corrected chi connectivity index (χ2v) is 10.3. The minimum atomic E-state index is -0.291. The summed E-state index contributed by atoms with van der Waals surface area (Å²) in [5.74, 6) is 0.242. The maximum atomic E-state index is 13.9. The van der Waals surface area contributed by atoms with Crippen LogP contribution in [0.5, 0.6) is 0 Å². The van der Waals surface area contributed by atoms with Gasteiger partial charge in [-0.05, 0) is 67.5 Å². The Hall–Kier alpha value is -3.18. The number of carbonyl (C=O) groups excluding carboxylic acids is 2. The Bertz CT molecular complexity index is 1170. The Kier molecular flexibility index (Phi) is 11.3. The highest BCUT2D eigenvalue weighted by molar-refractivity contribution is 5.87. The second kappa shape index (κ2) is 14.7. The van der Waals surface area contributed by atoms with E-state index in [0.717, 1.165) is 25.8 Å². The molecule has 1 aliphatic carbocycles. The monoisotopic (exact) mass is 516 g/mol. The van der Waals surface area contributed by atoms with E-state index in [1.165, 1.54) is 34.4 Å². The van der Waals surface area contributed by atoms with Gasteiger partial charge in [-0.3, -0.25) is 14.5 Å². The zero-order chi connectivity index (χ0) is 27.5. The molecule has 0 aromatic heterocycles. The van der Waals surface area contributed by atoms with Crippen molar-refractivity contribution in [2.45, 2.75) is 59.9 Å². The Morgan fingerprint density at radius 2 is 1.79 bits per heavy atom. The molecule has 0 radical (unpaired) electrons. The molecule has 3 rings (SSSR count). The number of esters is 1. The summed E-state index contributed by atoms with van der Waals surface area (Å²) >= 11 is 0. The number of hydrogen-bond acceptors (Lipinski definition) is 4. The lowest BCUT2D eigenvalue weighted by molar-refractivity contribution is -0.141. The summed E-state index contributed by atoms with van der Waals surface area (Å²) in [6.07, 6.45) is 11.5. The average molecular weight is 517 g/mol. The SMILES string of the molecule is CCCN(CCOC(C)=O)CC(=O)N(CCCC1=C(C)C(C)C=CC=C1)C(C)c1cccc2ccccc12. The van der Waals surface area contributed by atoms with Crippen LogP contribution in [0.15, 0.2) is 77.9 Å². The maximum Gasteiger partial charge on any atom is 0.302 e. The van der Waals surface area contributed by atoms with Crippen molar-refractivity contribution in [2.24, 2.45) is 5.92 Å². The van der Waals surface area contributed by atoms with Crippen LogP contribution >= 0.6 is 0 Å². The standard InChI is InChI=1S/C33H44N2O3/c1-6-20-34(22-23-38-28(5)36)24-33(37)35(21-12-17-29-14-8-7-13-25(2)26(29)3)27(4)31-19-11-16-30-15-9-10-18-32(30)31/h7-11,13-16,18-19,25,27H,6,12,17,20-24H2,1-5H3. The van der Waals surface area contributed by atoms with E-state index in [9.17, 15) is 9.59 Å². The van der Waals surface area contributed by atoms with Crippen LogP contribution < -0.4 is 0 Å². The van der Waals surface area contributed by atoms with Crippen LogP contribution in [0, 0.1) is 5.92 Å². The average Bonchev–Trinajstić information content (AvgIpc) is 3.06. The molecular weight excluding hydrogens is 472 g/mol. The van der Waals surface area contributed by atoms with E-state index in [-0.39, 0.29) is 17.9 Å². The van der Waals surface area contributed by atoms with Gasteiger partial charge >= 0.3 is 5.97 Å². The first-order chi connectivity index (χ1) is 18.3. The van der Waals surface area contributed by atoms with E-state index in [2.05, 4.69) is 99.4 Å². The van der Waals surface area contributed by atoms with Gasteiger partial charge in [-0.2, -0.15) is 0 Å². The van der Waals surface area contributed by atoms with Crippen LogP contribution in [-0.4, -0.2) is 54.5 Å². The minimum absolute atomic E-state index is 0.0640. The molecular formula is C33H44N2O3. The fourth-order valence-corrected chi connectivity index (χ4v) is 5.19. The molecule has 0 fully saturated rings. The Labute approximate surface area is 228 Å². The number of hydrogen-bond donors (Lipinski definition) is 0. The Morgan fingerprint density at radius 1 is 1.03 bits per heavy atom. The van der Waals surface area contributed by atoms with Gasteiger partial charge in [-0.1, -0.05) is 86.2 Å². The van der Waals surface area contributed by atoms with Crippen molar-refractivity contribution in [3.8, 4) is 0 Å².